The third kappa shape index (κ3) is 4.99. The van der Waals surface area contributed by atoms with Crippen molar-refractivity contribution in [3.8, 4) is 0 Å². The summed E-state index contributed by atoms with van der Waals surface area (Å²) in [6.07, 6.45) is 0. The van der Waals surface area contributed by atoms with Gasteiger partial charge in [0.15, 0.2) is 5.78 Å². The van der Waals surface area contributed by atoms with E-state index in [1.54, 1.807) is 18.2 Å². The van der Waals surface area contributed by atoms with Gasteiger partial charge in [0.1, 0.15) is 0 Å². The number of hydrogen-bond acceptors (Lipinski definition) is 5. The number of carbonyl (C=O) groups excluding carboxylic acids is 3. The molecule has 2 amide bonds. The molecule has 0 saturated heterocycles. The predicted octanol–water partition coefficient (Wildman–Crippen LogP) is 3.23. The van der Waals surface area contributed by atoms with E-state index in [1.165, 1.54) is 25.2 Å². The highest BCUT2D eigenvalue weighted by Crippen LogP contribution is 2.20. The highest BCUT2D eigenvalue weighted by molar-refractivity contribution is 6.15. The number of carbonyl (C=O) groups is 5. The second-order valence-electron chi connectivity index (χ2n) is 7.36. The van der Waals surface area contributed by atoms with E-state index < -0.39 is 29.5 Å². The van der Waals surface area contributed by atoms with E-state index in [-0.39, 0.29) is 33.4 Å². The number of benzene rings is 3. The Labute approximate surface area is 194 Å². The molecule has 0 heterocycles. The highest BCUT2D eigenvalue weighted by atomic mass is 16.4. The fraction of sp³-hybridized carbons (Fsp3) is 0.0800. The van der Waals surface area contributed by atoms with Gasteiger partial charge in [0.05, 0.1) is 22.3 Å². The van der Waals surface area contributed by atoms with Crippen LogP contribution in [0.25, 0.3) is 0 Å². The summed E-state index contributed by atoms with van der Waals surface area (Å²) in [6, 6.07) is 14.1. The van der Waals surface area contributed by atoms with Crippen LogP contribution in [0, 0.1) is 6.92 Å². The van der Waals surface area contributed by atoms with Crippen LogP contribution in [-0.4, -0.2) is 46.8 Å². The summed E-state index contributed by atoms with van der Waals surface area (Å²) in [5.41, 5.74) is 0.303. The van der Waals surface area contributed by atoms with Gasteiger partial charge in [-0.05, 0) is 48.9 Å². The van der Waals surface area contributed by atoms with Gasteiger partial charge in [0, 0.05) is 23.9 Å². The van der Waals surface area contributed by atoms with Crippen LogP contribution in [0.1, 0.15) is 62.9 Å². The summed E-state index contributed by atoms with van der Waals surface area (Å²) in [5, 5.41) is 23.9. The number of aryl methyl sites for hydroxylation is 1. The van der Waals surface area contributed by atoms with E-state index in [9.17, 15) is 34.2 Å². The zero-order valence-electron chi connectivity index (χ0n) is 18.2. The summed E-state index contributed by atoms with van der Waals surface area (Å²) in [5.74, 6) is -4.74. The molecule has 0 unspecified atom stereocenters. The number of amides is 2. The zero-order valence-corrected chi connectivity index (χ0v) is 18.2. The minimum Gasteiger partial charge on any atom is -0.478 e. The van der Waals surface area contributed by atoms with Crippen molar-refractivity contribution in [2.45, 2.75) is 6.92 Å². The Morgan fingerprint density at radius 2 is 1.26 bits per heavy atom. The lowest BCUT2D eigenvalue weighted by Crippen LogP contribution is -2.22. The smallest absolute Gasteiger partial charge is 0.336 e. The molecule has 0 atom stereocenters. The van der Waals surface area contributed by atoms with Crippen LogP contribution in [0.3, 0.4) is 0 Å². The standard InChI is InChI=1S/C25H20N2O7/c1-13-4-3-5-16(10-13)27-23(30)17-8-6-15(12-20(17)25(33)34)21(28)14-7-9-18(24(31)32)19(11-14)22(29)26-2/h3-12H,1-2H3,(H,26,29)(H,27,30)(H,31,32)(H,33,34). The van der Waals surface area contributed by atoms with Gasteiger partial charge < -0.3 is 20.8 Å². The van der Waals surface area contributed by atoms with E-state index in [0.29, 0.717) is 5.69 Å². The largest absolute Gasteiger partial charge is 0.478 e. The van der Waals surface area contributed by atoms with Crippen LogP contribution >= 0.6 is 0 Å². The van der Waals surface area contributed by atoms with Crippen molar-refractivity contribution < 1.29 is 34.2 Å². The minimum absolute atomic E-state index is 0.0168. The Morgan fingerprint density at radius 3 is 1.82 bits per heavy atom. The molecule has 0 aliphatic rings. The number of rotatable bonds is 7. The fourth-order valence-corrected chi connectivity index (χ4v) is 3.34. The molecule has 172 valence electrons. The average molecular weight is 460 g/mol. The first-order chi connectivity index (χ1) is 16.1. The van der Waals surface area contributed by atoms with Gasteiger partial charge in [-0.2, -0.15) is 0 Å². The summed E-state index contributed by atoms with van der Waals surface area (Å²) in [7, 11) is 1.32. The van der Waals surface area contributed by atoms with E-state index in [0.717, 1.165) is 23.8 Å². The maximum Gasteiger partial charge on any atom is 0.336 e. The Hall–Kier alpha value is -4.79. The SMILES string of the molecule is CNC(=O)c1cc(C(=O)c2ccc(C(=O)Nc3cccc(C)c3)c(C(=O)O)c2)ccc1C(=O)O. The lowest BCUT2D eigenvalue weighted by molar-refractivity contribution is 0.0683. The third-order valence-corrected chi connectivity index (χ3v) is 5.02. The minimum atomic E-state index is -1.41. The lowest BCUT2D eigenvalue weighted by atomic mass is 9.95. The molecular weight excluding hydrogens is 440 g/mol. The summed E-state index contributed by atoms with van der Waals surface area (Å²) in [6.45, 7) is 1.84. The number of carboxylic acid groups (broad SMARTS) is 2. The van der Waals surface area contributed by atoms with Crippen molar-refractivity contribution in [2.24, 2.45) is 0 Å². The second kappa shape index (κ2) is 9.78. The molecule has 3 aromatic carbocycles. The third-order valence-electron chi connectivity index (χ3n) is 5.02. The van der Waals surface area contributed by atoms with E-state index in [2.05, 4.69) is 10.6 Å². The Balaban J connectivity index is 1.98. The Morgan fingerprint density at radius 1 is 0.676 bits per heavy atom. The van der Waals surface area contributed by atoms with Gasteiger partial charge in [-0.1, -0.05) is 24.3 Å². The first-order valence-electron chi connectivity index (χ1n) is 10.0. The summed E-state index contributed by atoms with van der Waals surface area (Å²) >= 11 is 0. The number of carboxylic acids is 2. The molecule has 4 N–H and O–H groups in total. The van der Waals surface area contributed by atoms with Gasteiger partial charge in [0.25, 0.3) is 11.8 Å². The number of nitrogens with one attached hydrogen (secondary N) is 2. The van der Waals surface area contributed by atoms with E-state index in [1.807, 2.05) is 13.0 Å². The molecule has 0 radical (unpaired) electrons. The van der Waals surface area contributed by atoms with Gasteiger partial charge in [-0.3, -0.25) is 14.4 Å². The van der Waals surface area contributed by atoms with Crippen LogP contribution in [0.5, 0.6) is 0 Å². The molecule has 0 aromatic heterocycles. The van der Waals surface area contributed by atoms with Crippen LogP contribution < -0.4 is 10.6 Å². The number of ketones is 1. The molecule has 3 aromatic rings. The Bertz CT molecular complexity index is 1340. The molecule has 34 heavy (non-hydrogen) atoms. The first kappa shape index (κ1) is 23.9. The predicted molar refractivity (Wildman–Crippen MR) is 123 cm³/mol. The molecule has 3 rings (SSSR count). The van der Waals surface area contributed by atoms with Crippen LogP contribution in [0.4, 0.5) is 5.69 Å². The van der Waals surface area contributed by atoms with E-state index >= 15 is 0 Å². The lowest BCUT2D eigenvalue weighted by Gasteiger charge is -2.11. The first-order valence-corrected chi connectivity index (χ1v) is 10.0. The molecule has 0 aliphatic carbocycles. The number of aromatic carboxylic acids is 2. The number of anilines is 1. The molecule has 0 saturated carbocycles. The number of hydrogen-bond donors (Lipinski definition) is 4. The summed E-state index contributed by atoms with van der Waals surface area (Å²) < 4.78 is 0. The Kier molecular flexibility index (Phi) is 6.87. The van der Waals surface area contributed by atoms with E-state index in [4.69, 9.17) is 0 Å². The van der Waals surface area contributed by atoms with Gasteiger partial charge in [-0.15, -0.1) is 0 Å². The molecule has 0 fully saturated rings. The van der Waals surface area contributed by atoms with Crippen LogP contribution in [0.2, 0.25) is 0 Å². The van der Waals surface area contributed by atoms with Crippen molar-refractivity contribution in [3.05, 3.63) is 99.6 Å². The fourth-order valence-electron chi connectivity index (χ4n) is 3.34. The van der Waals surface area contributed by atoms with Gasteiger partial charge in [0.2, 0.25) is 0 Å². The maximum absolute atomic E-state index is 13.0. The van der Waals surface area contributed by atoms with Crippen molar-refractivity contribution in [2.75, 3.05) is 12.4 Å². The second-order valence-corrected chi connectivity index (χ2v) is 7.36. The molecular formula is C25H20N2O7. The highest BCUT2D eigenvalue weighted by Gasteiger charge is 2.22. The molecule has 0 spiro atoms. The van der Waals surface area contributed by atoms with Gasteiger partial charge in [-0.25, -0.2) is 9.59 Å². The van der Waals surface area contributed by atoms with Gasteiger partial charge >= 0.3 is 11.9 Å². The van der Waals surface area contributed by atoms with Crippen LogP contribution in [0.15, 0.2) is 60.7 Å². The summed E-state index contributed by atoms with van der Waals surface area (Å²) in [4.78, 5) is 61.0. The van der Waals surface area contributed by atoms with Crippen LogP contribution in [-0.2, 0) is 0 Å². The zero-order chi connectivity index (χ0) is 25.0. The quantitative estimate of drug-likeness (QED) is 0.395. The van der Waals surface area contributed by atoms with Crippen molar-refractivity contribution in [1.29, 1.82) is 0 Å². The molecule has 9 heteroatoms. The molecule has 9 nitrogen and oxygen atoms in total. The topological polar surface area (TPSA) is 150 Å². The van der Waals surface area contributed by atoms with Crippen molar-refractivity contribution in [3.63, 3.8) is 0 Å². The van der Waals surface area contributed by atoms with Crippen molar-refractivity contribution in [1.82, 2.24) is 5.32 Å². The normalized spacial score (nSPS) is 10.3. The maximum atomic E-state index is 13.0. The van der Waals surface area contributed by atoms with Crippen molar-refractivity contribution >= 4 is 35.2 Å². The molecule has 0 bridgehead atoms. The average Bonchev–Trinajstić information content (AvgIpc) is 2.82. The molecule has 0 aliphatic heterocycles. The monoisotopic (exact) mass is 460 g/mol.